The Balaban J connectivity index is 1.98. The van der Waals surface area contributed by atoms with Crippen LogP contribution in [-0.2, 0) is 19.1 Å². The van der Waals surface area contributed by atoms with Crippen LogP contribution in [0.2, 0.25) is 0 Å². The molecule has 0 radical (unpaired) electrons. The number of ketones is 2. The second-order valence-corrected chi connectivity index (χ2v) is 7.45. The Morgan fingerprint density at radius 1 is 1.26 bits per heavy atom. The smallest absolute Gasteiger partial charge is 0.278 e. The van der Waals surface area contributed by atoms with E-state index in [9.17, 15) is 29.7 Å². The first kappa shape index (κ1) is 22.8. The number of Topliss-reactive ketones (excluding diaryl/α,β-unsaturated/α-hetero) is 2. The largest absolute Gasteiger partial charge is 0.467 e. The molecule has 2 aliphatic heterocycles. The van der Waals surface area contributed by atoms with E-state index >= 15 is 0 Å². The van der Waals surface area contributed by atoms with Gasteiger partial charge in [0.25, 0.3) is 11.5 Å². The predicted octanol–water partition coefficient (Wildman–Crippen LogP) is 0.00280. The van der Waals surface area contributed by atoms with E-state index in [0.717, 1.165) is 7.11 Å². The quantitative estimate of drug-likeness (QED) is 0.269. The highest BCUT2D eigenvalue weighted by atomic mass is 16.6. The van der Waals surface area contributed by atoms with Crippen LogP contribution >= 0.6 is 0 Å². The maximum Gasteiger partial charge on any atom is 0.278 e. The van der Waals surface area contributed by atoms with Crippen LogP contribution in [0.15, 0.2) is 53.8 Å². The van der Waals surface area contributed by atoms with Crippen molar-refractivity contribution in [2.24, 2.45) is 0 Å². The van der Waals surface area contributed by atoms with Crippen LogP contribution in [0.5, 0.6) is 0 Å². The second kappa shape index (κ2) is 8.35. The number of aliphatic hydroxyl groups is 3. The van der Waals surface area contributed by atoms with Crippen LogP contribution in [0.25, 0.3) is 0 Å². The normalized spacial score (nSPS) is 30.1. The van der Waals surface area contributed by atoms with Crippen LogP contribution in [0.1, 0.15) is 30.6 Å². The molecule has 1 aromatic carbocycles. The highest BCUT2D eigenvalue weighted by Gasteiger charge is 2.74. The predicted molar refractivity (Wildman–Crippen MR) is 108 cm³/mol. The number of benzene rings is 1. The molecule has 1 fully saturated rings. The van der Waals surface area contributed by atoms with E-state index in [2.05, 4.69) is 5.32 Å². The lowest BCUT2D eigenvalue weighted by Crippen LogP contribution is -2.60. The molecule has 5 atom stereocenters. The topological polar surface area (TPSA) is 142 Å². The fraction of sp³-hybridized carbons (Fsp3) is 0.409. The van der Waals surface area contributed by atoms with Crippen LogP contribution in [-0.4, -0.2) is 69.5 Å². The van der Waals surface area contributed by atoms with Gasteiger partial charge in [0, 0.05) is 18.2 Å². The van der Waals surface area contributed by atoms with Crippen molar-refractivity contribution >= 4 is 17.5 Å². The minimum atomic E-state index is -2.49. The van der Waals surface area contributed by atoms with Gasteiger partial charge in [0.2, 0.25) is 17.3 Å². The Morgan fingerprint density at radius 2 is 1.90 bits per heavy atom. The number of nitrogens with one attached hydrogen (secondary N) is 1. The number of methoxy groups -OCH3 is 1. The van der Waals surface area contributed by atoms with Gasteiger partial charge in [-0.15, -0.1) is 0 Å². The summed E-state index contributed by atoms with van der Waals surface area (Å²) in [7, 11) is 1.12. The summed E-state index contributed by atoms with van der Waals surface area (Å²) in [4.78, 5) is 39.1. The fourth-order valence-electron chi connectivity index (χ4n) is 3.74. The maximum atomic E-state index is 13.1. The van der Waals surface area contributed by atoms with E-state index in [1.807, 2.05) is 0 Å². The Morgan fingerprint density at radius 3 is 2.48 bits per heavy atom. The van der Waals surface area contributed by atoms with Gasteiger partial charge in [0.05, 0.1) is 6.10 Å². The molecule has 3 rings (SSSR count). The van der Waals surface area contributed by atoms with Crippen molar-refractivity contribution in [1.29, 1.82) is 0 Å². The summed E-state index contributed by atoms with van der Waals surface area (Å²) in [5.41, 5.74) is -4.69. The average Bonchev–Trinajstić information content (AvgIpc) is 3.18. The van der Waals surface area contributed by atoms with Gasteiger partial charge >= 0.3 is 0 Å². The molecule has 9 heteroatoms. The number of aliphatic hydroxyl groups excluding tert-OH is 3. The summed E-state index contributed by atoms with van der Waals surface area (Å²) in [5.74, 6) is -2.97. The third kappa shape index (κ3) is 3.39. The third-order valence-electron chi connectivity index (χ3n) is 5.62. The summed E-state index contributed by atoms with van der Waals surface area (Å²) in [5, 5.41) is 33.5. The molecule has 1 amide bonds. The van der Waals surface area contributed by atoms with Gasteiger partial charge in [0.1, 0.15) is 11.9 Å². The van der Waals surface area contributed by atoms with Crippen LogP contribution in [0.3, 0.4) is 0 Å². The molecule has 31 heavy (non-hydrogen) atoms. The molecule has 4 N–H and O–H groups in total. The Kier molecular flexibility index (Phi) is 6.15. The first-order chi connectivity index (χ1) is 14.7. The molecule has 9 nitrogen and oxygen atoms in total. The van der Waals surface area contributed by atoms with E-state index in [1.54, 1.807) is 25.1 Å². The molecule has 0 bridgehead atoms. The summed E-state index contributed by atoms with van der Waals surface area (Å²) in [6.07, 6.45) is -1.35. The van der Waals surface area contributed by atoms with E-state index in [0.29, 0.717) is 6.42 Å². The average molecular weight is 431 g/mol. The van der Waals surface area contributed by atoms with Crippen molar-refractivity contribution in [2.45, 2.75) is 49.9 Å². The standard InChI is InChI=1S/C22H25NO8/c1-4-14(24)10-11-15(25)16-12(2)17(26)21(31-16)19(28)22(30-3,23-20(21)29)18(27)13-8-6-5-7-9-13/h5-11,14-15,19,24-25,28H,4H2,1-3H3,(H,23,29)/t14-,15+,19-,21-,22-/m1/s1. The zero-order valence-corrected chi connectivity index (χ0v) is 17.4. The fourth-order valence-corrected chi connectivity index (χ4v) is 3.74. The van der Waals surface area contributed by atoms with Crippen LogP contribution in [0, 0.1) is 0 Å². The molecular formula is C22H25NO8. The van der Waals surface area contributed by atoms with E-state index < -0.39 is 47.1 Å². The molecule has 0 aliphatic carbocycles. The molecule has 0 unspecified atom stereocenters. The molecule has 0 aromatic heterocycles. The Hall–Kier alpha value is -2.85. The first-order valence-electron chi connectivity index (χ1n) is 9.80. The van der Waals surface area contributed by atoms with Crippen molar-refractivity contribution in [3.05, 3.63) is 59.4 Å². The highest BCUT2D eigenvalue weighted by molar-refractivity contribution is 6.23. The van der Waals surface area contributed by atoms with Gasteiger partial charge in [-0.2, -0.15) is 0 Å². The lowest BCUT2D eigenvalue weighted by Gasteiger charge is -2.32. The number of hydrogen-bond acceptors (Lipinski definition) is 8. The number of hydrogen-bond donors (Lipinski definition) is 4. The molecule has 0 saturated carbocycles. The molecule has 2 heterocycles. The van der Waals surface area contributed by atoms with Crippen LogP contribution in [0.4, 0.5) is 0 Å². The van der Waals surface area contributed by atoms with Crippen molar-refractivity contribution < 1.29 is 39.2 Å². The first-order valence-corrected chi connectivity index (χ1v) is 9.80. The lowest BCUT2D eigenvalue weighted by atomic mass is 9.85. The number of carbonyl (C=O) groups excluding carboxylic acids is 3. The lowest BCUT2D eigenvalue weighted by molar-refractivity contribution is -0.161. The molecule has 1 spiro atoms. The second-order valence-electron chi connectivity index (χ2n) is 7.45. The van der Waals surface area contributed by atoms with Gasteiger partial charge in [-0.1, -0.05) is 49.4 Å². The number of rotatable bonds is 7. The van der Waals surface area contributed by atoms with E-state index in [1.165, 1.54) is 31.2 Å². The van der Waals surface area contributed by atoms with Gasteiger partial charge in [0.15, 0.2) is 6.10 Å². The monoisotopic (exact) mass is 431 g/mol. The maximum absolute atomic E-state index is 13.1. The van der Waals surface area contributed by atoms with Crippen LogP contribution < -0.4 is 5.32 Å². The zero-order valence-electron chi connectivity index (χ0n) is 17.4. The summed E-state index contributed by atoms with van der Waals surface area (Å²) in [6.45, 7) is 3.08. The minimum Gasteiger partial charge on any atom is -0.467 e. The SMILES string of the molecule is CC[C@@H](O)C=C[C@H](O)C1=C(C)C(=O)[C@]2(O1)C(=O)N[C@@](OC)(C(=O)c1ccccc1)[C@@H]2O. The Labute approximate surface area is 179 Å². The van der Waals surface area contributed by atoms with Gasteiger partial charge in [-0.05, 0) is 13.3 Å². The van der Waals surface area contributed by atoms with E-state index in [-0.39, 0.29) is 16.9 Å². The van der Waals surface area contributed by atoms with E-state index in [4.69, 9.17) is 9.47 Å². The molecule has 1 aromatic rings. The number of carbonyl (C=O) groups is 3. The highest BCUT2D eigenvalue weighted by Crippen LogP contribution is 2.44. The minimum absolute atomic E-state index is 0.0867. The third-order valence-corrected chi connectivity index (χ3v) is 5.62. The molecule has 2 aliphatic rings. The summed E-state index contributed by atoms with van der Waals surface area (Å²) < 4.78 is 10.8. The molecule has 1 saturated heterocycles. The zero-order chi connectivity index (χ0) is 23.0. The summed E-state index contributed by atoms with van der Waals surface area (Å²) in [6, 6.07) is 7.85. The molecular weight excluding hydrogens is 406 g/mol. The van der Waals surface area contributed by atoms with Crippen molar-refractivity contribution in [3.63, 3.8) is 0 Å². The van der Waals surface area contributed by atoms with Gasteiger partial charge in [-0.25, -0.2) is 0 Å². The van der Waals surface area contributed by atoms with Crippen molar-refractivity contribution in [3.8, 4) is 0 Å². The Bertz CT molecular complexity index is 956. The van der Waals surface area contributed by atoms with Crippen molar-refractivity contribution in [1.82, 2.24) is 5.32 Å². The van der Waals surface area contributed by atoms with Gasteiger partial charge < -0.3 is 30.1 Å². The van der Waals surface area contributed by atoms with Crippen molar-refractivity contribution in [2.75, 3.05) is 7.11 Å². The molecule has 166 valence electrons. The number of amides is 1. The number of ether oxygens (including phenoxy) is 2. The van der Waals surface area contributed by atoms with Gasteiger partial charge in [-0.3, -0.25) is 14.4 Å². The summed E-state index contributed by atoms with van der Waals surface area (Å²) >= 11 is 0.